The Labute approximate surface area is 111 Å². The lowest BCUT2D eigenvalue weighted by molar-refractivity contribution is -0.750. The molecule has 0 atom stereocenters. The topological polar surface area (TPSA) is 137 Å². The highest BCUT2D eigenvalue weighted by Crippen LogP contribution is 2.21. The molecule has 2 aromatic rings. The number of amides is 1. The van der Waals surface area contributed by atoms with Crippen molar-refractivity contribution < 1.29 is 29.0 Å². The summed E-state index contributed by atoms with van der Waals surface area (Å²) in [6.07, 6.45) is 1.05. The van der Waals surface area contributed by atoms with Gasteiger partial charge in [0.15, 0.2) is 0 Å². The maximum Gasteiger partial charge on any atom is 0.426 e. The molecule has 9 heteroatoms. The first-order chi connectivity index (χ1) is 9.45. The summed E-state index contributed by atoms with van der Waals surface area (Å²) in [6.45, 7) is -0.213. The Balaban J connectivity index is 2.10. The predicted molar refractivity (Wildman–Crippen MR) is 63.2 cm³/mol. The highest BCUT2D eigenvalue weighted by molar-refractivity contribution is 5.95. The second kappa shape index (κ2) is 5.26. The van der Waals surface area contributed by atoms with Gasteiger partial charge in [0.2, 0.25) is 0 Å². The SMILES string of the molecule is O=C(C[n+]1cc(=O)o[nH]1)Nc1ccc(O)c(C(=O)O)c1. The lowest BCUT2D eigenvalue weighted by atomic mass is 10.2. The fraction of sp³-hybridized carbons (Fsp3) is 0.0909. The third-order valence-corrected chi connectivity index (χ3v) is 2.35. The van der Waals surface area contributed by atoms with Crippen LogP contribution in [0.15, 0.2) is 33.7 Å². The number of benzene rings is 1. The van der Waals surface area contributed by atoms with E-state index in [9.17, 15) is 19.5 Å². The van der Waals surface area contributed by atoms with Crippen LogP contribution in [0.4, 0.5) is 5.69 Å². The molecule has 0 aliphatic carbocycles. The number of aromatic hydroxyl groups is 1. The normalized spacial score (nSPS) is 10.2. The molecule has 1 heterocycles. The van der Waals surface area contributed by atoms with Gasteiger partial charge in [0.25, 0.3) is 18.6 Å². The Hall–Kier alpha value is -3.10. The van der Waals surface area contributed by atoms with Crippen LogP contribution in [0.3, 0.4) is 0 Å². The number of H-pyrrole nitrogens is 1. The van der Waals surface area contributed by atoms with E-state index in [0.717, 1.165) is 23.0 Å². The number of anilines is 1. The fourth-order valence-corrected chi connectivity index (χ4v) is 1.50. The molecule has 1 aromatic heterocycles. The minimum Gasteiger partial charge on any atom is -0.507 e. The molecule has 4 N–H and O–H groups in total. The average molecular weight is 280 g/mol. The van der Waals surface area contributed by atoms with Crippen LogP contribution in [0.1, 0.15) is 10.4 Å². The van der Waals surface area contributed by atoms with Crippen LogP contribution in [0.5, 0.6) is 5.75 Å². The van der Waals surface area contributed by atoms with E-state index in [1.165, 1.54) is 6.07 Å². The van der Waals surface area contributed by atoms with Crippen molar-refractivity contribution in [1.29, 1.82) is 0 Å². The molecule has 9 nitrogen and oxygen atoms in total. The van der Waals surface area contributed by atoms with Crippen LogP contribution in [-0.4, -0.2) is 27.4 Å². The van der Waals surface area contributed by atoms with Gasteiger partial charge in [-0.2, -0.15) is 0 Å². The third kappa shape index (κ3) is 3.02. The standard InChI is InChI=1S/C11H9N3O6/c15-8-2-1-6(3-7(8)11(18)19)12-9(16)4-14-5-10(17)20-13-14/h1-3,5,13H,4H2,(H2,17,18,19)/p+1. The van der Waals surface area contributed by atoms with Crippen LogP contribution in [-0.2, 0) is 11.3 Å². The summed E-state index contributed by atoms with van der Waals surface area (Å²) in [6, 6.07) is 3.63. The molecule has 2 rings (SSSR count). The van der Waals surface area contributed by atoms with Gasteiger partial charge < -0.3 is 15.5 Å². The number of rotatable bonds is 4. The fourth-order valence-electron chi connectivity index (χ4n) is 1.50. The van der Waals surface area contributed by atoms with E-state index in [0.29, 0.717) is 0 Å². The Kier molecular flexibility index (Phi) is 3.51. The molecule has 1 amide bonds. The second-order valence-electron chi connectivity index (χ2n) is 3.85. The van der Waals surface area contributed by atoms with Gasteiger partial charge in [-0.05, 0) is 23.5 Å². The Bertz CT molecular complexity index is 717. The van der Waals surface area contributed by atoms with E-state index in [1.54, 1.807) is 0 Å². The Morgan fingerprint density at radius 1 is 1.40 bits per heavy atom. The molecular formula is C11H10N3O6+. The number of aromatic nitrogens is 2. The number of hydrogen-bond donors (Lipinski definition) is 4. The molecular weight excluding hydrogens is 270 g/mol. The van der Waals surface area contributed by atoms with Gasteiger partial charge in [0.05, 0.1) is 0 Å². The Morgan fingerprint density at radius 3 is 2.75 bits per heavy atom. The summed E-state index contributed by atoms with van der Waals surface area (Å²) >= 11 is 0. The number of nitrogens with zero attached hydrogens (tertiary/aromatic N) is 1. The van der Waals surface area contributed by atoms with E-state index in [4.69, 9.17) is 5.11 Å². The van der Waals surface area contributed by atoms with E-state index in [1.807, 2.05) is 0 Å². The van der Waals surface area contributed by atoms with Crippen LogP contribution < -0.4 is 15.6 Å². The van der Waals surface area contributed by atoms with Crippen LogP contribution in [0.2, 0.25) is 0 Å². The molecule has 0 aliphatic rings. The molecule has 1 aromatic carbocycles. The van der Waals surface area contributed by atoms with Crippen molar-refractivity contribution in [3.8, 4) is 5.75 Å². The number of phenols is 1. The van der Waals surface area contributed by atoms with Crippen LogP contribution >= 0.6 is 0 Å². The molecule has 0 bridgehead atoms. The molecule has 0 fully saturated rings. The zero-order valence-corrected chi connectivity index (χ0v) is 9.99. The van der Waals surface area contributed by atoms with E-state index in [-0.39, 0.29) is 17.8 Å². The molecule has 0 radical (unpaired) electrons. The van der Waals surface area contributed by atoms with Crippen molar-refractivity contribution in [2.24, 2.45) is 0 Å². The number of carbonyl (C=O) groups excluding carboxylic acids is 1. The van der Waals surface area contributed by atoms with Gasteiger partial charge in [-0.1, -0.05) is 4.68 Å². The summed E-state index contributed by atoms with van der Waals surface area (Å²) in [7, 11) is 0. The summed E-state index contributed by atoms with van der Waals surface area (Å²) in [5.41, 5.74) is -0.751. The molecule has 0 aliphatic heterocycles. The van der Waals surface area contributed by atoms with Crippen molar-refractivity contribution in [2.75, 3.05) is 5.32 Å². The third-order valence-electron chi connectivity index (χ3n) is 2.35. The van der Waals surface area contributed by atoms with Gasteiger partial charge in [-0.15, -0.1) is 0 Å². The van der Waals surface area contributed by atoms with E-state index in [2.05, 4.69) is 15.1 Å². The average Bonchev–Trinajstić information content (AvgIpc) is 2.76. The zero-order valence-electron chi connectivity index (χ0n) is 9.99. The van der Waals surface area contributed by atoms with E-state index >= 15 is 0 Å². The first kappa shape index (κ1) is 13.3. The number of carboxylic acids is 1. The Morgan fingerprint density at radius 2 is 2.15 bits per heavy atom. The molecule has 0 saturated carbocycles. The number of carboxylic acid groups (broad SMARTS) is 1. The number of aromatic carboxylic acids is 1. The minimum absolute atomic E-state index is 0.205. The van der Waals surface area contributed by atoms with Crippen molar-refractivity contribution in [3.05, 3.63) is 40.4 Å². The number of hydrogen-bond acceptors (Lipinski definition) is 5. The van der Waals surface area contributed by atoms with Gasteiger partial charge in [-0.25, -0.2) is 9.59 Å². The quantitative estimate of drug-likeness (QED) is 0.431. The van der Waals surface area contributed by atoms with Crippen molar-refractivity contribution in [1.82, 2.24) is 5.27 Å². The maximum atomic E-state index is 11.7. The molecule has 0 spiro atoms. The largest absolute Gasteiger partial charge is 0.507 e. The number of nitrogens with one attached hydrogen (secondary N) is 2. The summed E-state index contributed by atoms with van der Waals surface area (Å²) < 4.78 is 5.49. The highest BCUT2D eigenvalue weighted by atomic mass is 16.5. The summed E-state index contributed by atoms with van der Waals surface area (Å²) in [4.78, 5) is 33.2. The molecule has 0 unspecified atom stereocenters. The number of aromatic amines is 1. The first-order valence-electron chi connectivity index (χ1n) is 5.40. The van der Waals surface area contributed by atoms with Gasteiger partial charge >= 0.3 is 11.6 Å². The predicted octanol–water partition coefficient (Wildman–Crippen LogP) is -0.702. The van der Waals surface area contributed by atoms with Gasteiger partial charge in [0.1, 0.15) is 11.3 Å². The molecule has 20 heavy (non-hydrogen) atoms. The van der Waals surface area contributed by atoms with Gasteiger partial charge in [0, 0.05) is 5.69 Å². The van der Waals surface area contributed by atoms with Gasteiger partial charge in [-0.3, -0.25) is 9.32 Å². The molecule has 104 valence electrons. The minimum atomic E-state index is -1.31. The van der Waals surface area contributed by atoms with E-state index < -0.39 is 23.3 Å². The zero-order chi connectivity index (χ0) is 14.7. The summed E-state index contributed by atoms with van der Waals surface area (Å²) in [5.74, 6) is -2.22. The lowest BCUT2D eigenvalue weighted by Gasteiger charge is -2.05. The first-order valence-corrected chi connectivity index (χ1v) is 5.40. The monoisotopic (exact) mass is 280 g/mol. The van der Waals surface area contributed by atoms with Crippen LogP contribution in [0.25, 0.3) is 0 Å². The van der Waals surface area contributed by atoms with Crippen LogP contribution in [0, 0.1) is 0 Å². The van der Waals surface area contributed by atoms with Crippen molar-refractivity contribution in [3.63, 3.8) is 0 Å². The molecule has 0 saturated heterocycles. The summed E-state index contributed by atoms with van der Waals surface area (Å²) in [5, 5.41) is 22.8. The highest BCUT2D eigenvalue weighted by Gasteiger charge is 2.15. The number of carbonyl (C=O) groups is 2. The van der Waals surface area contributed by atoms with Crippen molar-refractivity contribution >= 4 is 17.6 Å². The maximum absolute atomic E-state index is 11.7. The lowest BCUT2D eigenvalue weighted by Crippen LogP contribution is -2.41. The smallest absolute Gasteiger partial charge is 0.426 e. The second-order valence-corrected chi connectivity index (χ2v) is 3.85. The van der Waals surface area contributed by atoms with Crippen molar-refractivity contribution in [2.45, 2.75) is 6.54 Å².